The van der Waals surface area contributed by atoms with Gasteiger partial charge in [-0.3, -0.25) is 9.69 Å². The third-order valence-electron chi connectivity index (χ3n) is 4.32. The Morgan fingerprint density at radius 2 is 1.92 bits per heavy atom. The lowest BCUT2D eigenvalue weighted by Gasteiger charge is -2.25. The van der Waals surface area contributed by atoms with E-state index in [9.17, 15) is 18.7 Å². The highest BCUT2D eigenvalue weighted by atomic mass is 19.1. The van der Waals surface area contributed by atoms with Gasteiger partial charge in [-0.25, -0.2) is 8.78 Å². The van der Waals surface area contributed by atoms with Crippen LogP contribution < -0.4 is 5.73 Å². The zero-order chi connectivity index (χ0) is 17.3. The SMILES string of the molecule is NC(=O)c1ccc(CN2CC(O)CC2c2cc(F)ccc2F)cc1. The topological polar surface area (TPSA) is 66.6 Å². The van der Waals surface area contributed by atoms with Crippen molar-refractivity contribution in [2.45, 2.75) is 25.1 Å². The molecule has 1 aliphatic rings. The van der Waals surface area contributed by atoms with Gasteiger partial charge >= 0.3 is 0 Å². The summed E-state index contributed by atoms with van der Waals surface area (Å²) in [5, 5.41) is 9.97. The fraction of sp³-hybridized carbons (Fsp3) is 0.278. The lowest BCUT2D eigenvalue weighted by Crippen LogP contribution is -2.25. The number of carbonyl (C=O) groups is 1. The highest BCUT2D eigenvalue weighted by Gasteiger charge is 2.33. The van der Waals surface area contributed by atoms with Crippen molar-refractivity contribution < 1.29 is 18.7 Å². The number of hydrogen-bond acceptors (Lipinski definition) is 3. The van der Waals surface area contributed by atoms with Gasteiger partial charge in [-0.1, -0.05) is 12.1 Å². The molecular weight excluding hydrogens is 314 g/mol. The number of aliphatic hydroxyl groups excluding tert-OH is 1. The number of amides is 1. The molecule has 0 radical (unpaired) electrons. The van der Waals surface area contributed by atoms with Crippen molar-refractivity contribution in [3.05, 3.63) is 70.8 Å². The number of carbonyl (C=O) groups excluding carboxylic acids is 1. The Kier molecular flexibility index (Phi) is 4.59. The van der Waals surface area contributed by atoms with Crippen LogP contribution in [0.1, 0.15) is 33.9 Å². The summed E-state index contributed by atoms with van der Waals surface area (Å²) in [5.74, 6) is -1.49. The van der Waals surface area contributed by atoms with Crippen molar-refractivity contribution in [2.24, 2.45) is 5.73 Å². The molecule has 0 spiro atoms. The lowest BCUT2D eigenvalue weighted by atomic mass is 10.0. The van der Waals surface area contributed by atoms with E-state index in [4.69, 9.17) is 5.73 Å². The molecule has 1 fully saturated rings. The molecule has 0 saturated carbocycles. The number of hydrogen-bond donors (Lipinski definition) is 2. The number of halogens is 2. The molecule has 4 nitrogen and oxygen atoms in total. The molecule has 6 heteroatoms. The Bertz CT molecular complexity index is 749. The van der Waals surface area contributed by atoms with Crippen molar-refractivity contribution in [3.63, 3.8) is 0 Å². The first-order valence-corrected chi connectivity index (χ1v) is 7.70. The smallest absolute Gasteiger partial charge is 0.248 e. The molecule has 126 valence electrons. The van der Waals surface area contributed by atoms with Crippen LogP contribution in [-0.4, -0.2) is 28.6 Å². The van der Waals surface area contributed by atoms with E-state index in [-0.39, 0.29) is 5.56 Å². The normalized spacial score (nSPS) is 21.1. The molecule has 2 atom stereocenters. The molecule has 1 aliphatic heterocycles. The number of primary amides is 1. The summed E-state index contributed by atoms with van der Waals surface area (Å²) in [6.45, 7) is 0.828. The van der Waals surface area contributed by atoms with E-state index in [2.05, 4.69) is 0 Å². The van der Waals surface area contributed by atoms with Gasteiger partial charge in [-0.15, -0.1) is 0 Å². The number of β-amino-alcohol motifs (C(OH)–C–C–N with tert-alkyl or cyclic N) is 1. The predicted molar refractivity (Wildman–Crippen MR) is 85.1 cm³/mol. The summed E-state index contributed by atoms with van der Waals surface area (Å²) in [6.07, 6.45) is -0.248. The average molecular weight is 332 g/mol. The van der Waals surface area contributed by atoms with Gasteiger partial charge in [0.15, 0.2) is 0 Å². The third-order valence-corrected chi connectivity index (χ3v) is 4.32. The number of rotatable bonds is 4. The molecule has 2 aromatic rings. The Hall–Kier alpha value is -2.31. The van der Waals surface area contributed by atoms with Crippen molar-refractivity contribution in [2.75, 3.05) is 6.54 Å². The standard InChI is InChI=1S/C18H18F2N2O2/c19-13-5-6-16(20)15(7-13)17-8-14(23)10-22(17)9-11-1-3-12(4-2-11)18(21)24/h1-7,14,17,23H,8-10H2,(H2,21,24). The van der Waals surface area contributed by atoms with E-state index in [1.807, 2.05) is 4.90 Å². The van der Waals surface area contributed by atoms with Crippen molar-refractivity contribution >= 4 is 5.91 Å². The monoisotopic (exact) mass is 332 g/mol. The molecule has 1 amide bonds. The van der Waals surface area contributed by atoms with E-state index in [0.717, 1.165) is 17.7 Å². The summed E-state index contributed by atoms with van der Waals surface area (Å²) < 4.78 is 27.6. The van der Waals surface area contributed by atoms with Crippen LogP contribution >= 0.6 is 0 Å². The van der Waals surface area contributed by atoms with Crippen LogP contribution in [0.25, 0.3) is 0 Å². The summed E-state index contributed by atoms with van der Waals surface area (Å²) in [6, 6.07) is 9.76. The number of aliphatic hydroxyl groups is 1. The zero-order valence-corrected chi connectivity index (χ0v) is 13.0. The molecule has 24 heavy (non-hydrogen) atoms. The maximum atomic E-state index is 14.1. The quantitative estimate of drug-likeness (QED) is 0.903. The van der Waals surface area contributed by atoms with Crippen LogP contribution in [0.2, 0.25) is 0 Å². The Labute approximate surface area is 138 Å². The van der Waals surface area contributed by atoms with E-state index < -0.39 is 29.7 Å². The van der Waals surface area contributed by atoms with Crippen molar-refractivity contribution in [3.8, 4) is 0 Å². The summed E-state index contributed by atoms with van der Waals surface area (Å²) >= 11 is 0. The molecule has 0 aliphatic carbocycles. The van der Waals surface area contributed by atoms with E-state index >= 15 is 0 Å². The van der Waals surface area contributed by atoms with Gasteiger partial charge < -0.3 is 10.8 Å². The molecule has 0 bridgehead atoms. The van der Waals surface area contributed by atoms with Gasteiger partial charge in [0.2, 0.25) is 5.91 Å². The van der Waals surface area contributed by atoms with Crippen LogP contribution in [0.15, 0.2) is 42.5 Å². The highest BCUT2D eigenvalue weighted by Crippen LogP contribution is 2.35. The van der Waals surface area contributed by atoms with Gasteiger partial charge in [0.1, 0.15) is 11.6 Å². The molecule has 1 saturated heterocycles. The molecule has 0 aromatic heterocycles. The second kappa shape index (κ2) is 6.67. The Balaban J connectivity index is 1.83. The second-order valence-electron chi connectivity index (χ2n) is 6.06. The van der Waals surface area contributed by atoms with Gasteiger partial charge in [-0.05, 0) is 42.3 Å². The van der Waals surface area contributed by atoms with E-state index in [1.165, 1.54) is 6.07 Å². The first kappa shape index (κ1) is 16.5. The molecule has 3 N–H and O–H groups in total. The summed E-state index contributed by atoms with van der Waals surface area (Å²) in [7, 11) is 0. The molecule has 2 aromatic carbocycles. The van der Waals surface area contributed by atoms with Crippen molar-refractivity contribution in [1.29, 1.82) is 0 Å². The second-order valence-corrected chi connectivity index (χ2v) is 6.06. The Morgan fingerprint density at radius 1 is 1.21 bits per heavy atom. The van der Waals surface area contributed by atoms with Gasteiger partial charge in [-0.2, -0.15) is 0 Å². The fourth-order valence-electron chi connectivity index (χ4n) is 3.16. The maximum Gasteiger partial charge on any atom is 0.248 e. The minimum Gasteiger partial charge on any atom is -0.392 e. The lowest BCUT2D eigenvalue weighted by molar-refractivity contribution is 0.1000. The molecule has 1 heterocycles. The van der Waals surface area contributed by atoms with Crippen LogP contribution in [0, 0.1) is 11.6 Å². The fourth-order valence-corrected chi connectivity index (χ4v) is 3.16. The maximum absolute atomic E-state index is 14.1. The predicted octanol–water partition coefficient (Wildman–Crippen LogP) is 2.37. The minimum atomic E-state index is -0.595. The first-order chi connectivity index (χ1) is 11.4. The number of benzene rings is 2. The van der Waals surface area contributed by atoms with Crippen molar-refractivity contribution in [1.82, 2.24) is 4.90 Å². The number of nitrogens with two attached hydrogens (primary N) is 1. The minimum absolute atomic E-state index is 0.250. The average Bonchev–Trinajstić information content (AvgIpc) is 2.90. The zero-order valence-electron chi connectivity index (χ0n) is 13.0. The highest BCUT2D eigenvalue weighted by molar-refractivity contribution is 5.92. The van der Waals surface area contributed by atoms with Gasteiger partial charge in [0.25, 0.3) is 0 Å². The summed E-state index contributed by atoms with van der Waals surface area (Å²) in [5.41, 5.74) is 6.77. The molecular formula is C18H18F2N2O2. The largest absolute Gasteiger partial charge is 0.392 e. The van der Waals surface area contributed by atoms with E-state index in [1.54, 1.807) is 24.3 Å². The summed E-state index contributed by atoms with van der Waals surface area (Å²) in [4.78, 5) is 13.0. The van der Waals surface area contributed by atoms with Crippen LogP contribution in [0.3, 0.4) is 0 Å². The molecule has 2 unspecified atom stereocenters. The third kappa shape index (κ3) is 3.44. The number of nitrogens with zero attached hydrogens (tertiary/aromatic N) is 1. The number of likely N-dealkylation sites (tertiary alicyclic amines) is 1. The van der Waals surface area contributed by atoms with Gasteiger partial charge in [0, 0.05) is 30.3 Å². The van der Waals surface area contributed by atoms with E-state index in [0.29, 0.717) is 25.1 Å². The van der Waals surface area contributed by atoms with Crippen LogP contribution in [0.5, 0.6) is 0 Å². The first-order valence-electron chi connectivity index (χ1n) is 7.70. The molecule has 3 rings (SSSR count). The Morgan fingerprint density at radius 3 is 2.58 bits per heavy atom. The van der Waals surface area contributed by atoms with Crippen LogP contribution in [0.4, 0.5) is 8.78 Å². The van der Waals surface area contributed by atoms with Gasteiger partial charge in [0.05, 0.1) is 6.10 Å². The van der Waals surface area contributed by atoms with Crippen LogP contribution in [-0.2, 0) is 6.54 Å².